The minimum atomic E-state index is 0.125. The molecule has 0 atom stereocenters. The third kappa shape index (κ3) is 3.21. The number of amidine groups is 1. The van der Waals surface area contributed by atoms with Crippen LogP contribution in [0.25, 0.3) is 0 Å². The normalized spacial score (nSPS) is 11.3. The minimum absolute atomic E-state index is 0.125. The number of hydrogen-bond acceptors (Lipinski definition) is 3. The molecule has 0 saturated heterocycles. The summed E-state index contributed by atoms with van der Waals surface area (Å²) < 4.78 is 0. The fourth-order valence-electron chi connectivity index (χ4n) is 0.826. The molecule has 4 N–H and O–H groups in total. The second-order valence-electron chi connectivity index (χ2n) is 2.46. The van der Waals surface area contributed by atoms with Crippen molar-refractivity contribution < 1.29 is 5.21 Å². The molecule has 0 unspecified atom stereocenters. The van der Waals surface area contributed by atoms with Crippen molar-refractivity contribution in [2.24, 2.45) is 10.9 Å². The van der Waals surface area contributed by atoms with Gasteiger partial charge < -0.3 is 16.3 Å². The van der Waals surface area contributed by atoms with E-state index in [0.717, 1.165) is 5.69 Å². The highest BCUT2D eigenvalue weighted by Gasteiger charge is 1.94. The van der Waals surface area contributed by atoms with Gasteiger partial charge in [0.1, 0.15) is 0 Å². The SMILES string of the molecule is N/C(CNc1cccc(Cl)c1)=N/O. The molecule has 0 bridgehead atoms. The van der Waals surface area contributed by atoms with Crippen LogP contribution in [-0.2, 0) is 0 Å². The average Bonchev–Trinajstić information content (AvgIpc) is 2.14. The highest BCUT2D eigenvalue weighted by Crippen LogP contribution is 2.14. The molecule has 13 heavy (non-hydrogen) atoms. The first-order chi connectivity index (χ1) is 6.22. The molecule has 0 heterocycles. The van der Waals surface area contributed by atoms with Gasteiger partial charge >= 0.3 is 0 Å². The number of nitrogens with one attached hydrogen (secondary N) is 1. The van der Waals surface area contributed by atoms with Gasteiger partial charge in [0.2, 0.25) is 0 Å². The standard InChI is InChI=1S/C8H10ClN3O/c9-6-2-1-3-7(4-6)11-5-8(10)12-13/h1-4,11,13H,5H2,(H2,10,12). The fourth-order valence-corrected chi connectivity index (χ4v) is 1.02. The molecule has 0 aliphatic rings. The number of anilines is 1. The Bertz CT molecular complexity index is 314. The molecule has 0 aliphatic heterocycles. The summed E-state index contributed by atoms with van der Waals surface area (Å²) in [4.78, 5) is 0. The summed E-state index contributed by atoms with van der Waals surface area (Å²) >= 11 is 5.74. The van der Waals surface area contributed by atoms with E-state index in [1.54, 1.807) is 12.1 Å². The molecule has 0 spiro atoms. The first kappa shape index (κ1) is 9.67. The lowest BCUT2D eigenvalue weighted by atomic mass is 10.3. The van der Waals surface area contributed by atoms with Gasteiger partial charge in [0.15, 0.2) is 5.84 Å². The summed E-state index contributed by atoms with van der Waals surface area (Å²) in [6, 6.07) is 7.19. The second-order valence-corrected chi connectivity index (χ2v) is 2.89. The Morgan fingerprint density at radius 3 is 3.00 bits per heavy atom. The third-order valence-corrected chi connectivity index (χ3v) is 1.66. The number of rotatable bonds is 3. The number of hydrogen-bond donors (Lipinski definition) is 3. The molecule has 70 valence electrons. The zero-order valence-electron chi connectivity index (χ0n) is 6.87. The summed E-state index contributed by atoms with van der Waals surface area (Å²) in [5.74, 6) is 0.125. The van der Waals surface area contributed by atoms with Gasteiger partial charge in [-0.1, -0.05) is 22.8 Å². The van der Waals surface area contributed by atoms with E-state index in [1.165, 1.54) is 0 Å². The molecule has 4 nitrogen and oxygen atoms in total. The Kier molecular flexibility index (Phi) is 3.40. The molecular formula is C8H10ClN3O. The summed E-state index contributed by atoms with van der Waals surface area (Å²) in [6.45, 7) is 0.289. The largest absolute Gasteiger partial charge is 0.409 e. The van der Waals surface area contributed by atoms with Crippen molar-refractivity contribution in [3.63, 3.8) is 0 Å². The molecule has 5 heteroatoms. The van der Waals surface area contributed by atoms with Crippen molar-refractivity contribution in [1.82, 2.24) is 0 Å². The molecule has 0 radical (unpaired) electrons. The number of nitrogens with two attached hydrogens (primary N) is 1. The first-order valence-corrected chi connectivity index (χ1v) is 4.06. The Balaban J connectivity index is 2.55. The van der Waals surface area contributed by atoms with Crippen LogP contribution in [0.5, 0.6) is 0 Å². The van der Waals surface area contributed by atoms with Crippen LogP contribution in [0.1, 0.15) is 0 Å². The Hall–Kier alpha value is -1.42. The first-order valence-electron chi connectivity index (χ1n) is 3.68. The lowest BCUT2D eigenvalue weighted by molar-refractivity contribution is 0.317. The predicted octanol–water partition coefficient (Wildman–Crippen LogP) is 1.50. The molecule has 1 aromatic carbocycles. The van der Waals surface area contributed by atoms with Crippen molar-refractivity contribution in [2.75, 3.05) is 11.9 Å². The topological polar surface area (TPSA) is 70.6 Å². The molecule has 1 rings (SSSR count). The van der Waals surface area contributed by atoms with E-state index in [2.05, 4.69) is 10.5 Å². The molecule has 0 fully saturated rings. The molecule has 0 aliphatic carbocycles. The lowest BCUT2D eigenvalue weighted by Crippen LogP contribution is -2.22. The maximum Gasteiger partial charge on any atom is 0.158 e. The molecule has 0 aromatic heterocycles. The van der Waals surface area contributed by atoms with Crippen molar-refractivity contribution in [3.05, 3.63) is 29.3 Å². The number of halogens is 1. The van der Waals surface area contributed by atoms with E-state index >= 15 is 0 Å². The van der Waals surface area contributed by atoms with E-state index in [0.29, 0.717) is 5.02 Å². The second kappa shape index (κ2) is 4.57. The van der Waals surface area contributed by atoms with Gasteiger partial charge in [-0.15, -0.1) is 0 Å². The van der Waals surface area contributed by atoms with Crippen LogP contribution < -0.4 is 11.1 Å². The molecule has 1 aromatic rings. The van der Waals surface area contributed by atoms with Crippen LogP contribution in [0.15, 0.2) is 29.4 Å². The van der Waals surface area contributed by atoms with Crippen LogP contribution in [0, 0.1) is 0 Å². The average molecular weight is 200 g/mol. The van der Waals surface area contributed by atoms with Gasteiger partial charge in [-0.05, 0) is 18.2 Å². The van der Waals surface area contributed by atoms with Gasteiger partial charge in [0.25, 0.3) is 0 Å². The number of benzene rings is 1. The molecule has 0 saturated carbocycles. The summed E-state index contributed by atoms with van der Waals surface area (Å²) in [5, 5.41) is 14.7. The Morgan fingerprint density at radius 2 is 2.38 bits per heavy atom. The smallest absolute Gasteiger partial charge is 0.158 e. The Morgan fingerprint density at radius 1 is 1.62 bits per heavy atom. The van der Waals surface area contributed by atoms with Gasteiger partial charge in [-0.25, -0.2) is 0 Å². The summed E-state index contributed by atoms with van der Waals surface area (Å²) in [6.07, 6.45) is 0. The highest BCUT2D eigenvalue weighted by atomic mass is 35.5. The number of oxime groups is 1. The fraction of sp³-hybridized carbons (Fsp3) is 0.125. The number of nitrogens with zero attached hydrogens (tertiary/aromatic N) is 1. The van der Waals surface area contributed by atoms with E-state index < -0.39 is 0 Å². The minimum Gasteiger partial charge on any atom is -0.409 e. The lowest BCUT2D eigenvalue weighted by Gasteiger charge is -2.04. The van der Waals surface area contributed by atoms with Crippen molar-refractivity contribution in [1.29, 1.82) is 0 Å². The Labute approximate surface area is 81.0 Å². The van der Waals surface area contributed by atoms with Gasteiger partial charge in [0, 0.05) is 10.7 Å². The van der Waals surface area contributed by atoms with E-state index in [1.807, 2.05) is 12.1 Å². The maximum absolute atomic E-state index is 8.26. The van der Waals surface area contributed by atoms with Crippen LogP contribution in [0.4, 0.5) is 5.69 Å². The summed E-state index contributed by atoms with van der Waals surface area (Å²) in [5.41, 5.74) is 6.10. The van der Waals surface area contributed by atoms with Gasteiger partial charge in [-0.3, -0.25) is 0 Å². The zero-order chi connectivity index (χ0) is 9.68. The van der Waals surface area contributed by atoms with Gasteiger partial charge in [-0.2, -0.15) is 0 Å². The maximum atomic E-state index is 8.26. The monoisotopic (exact) mass is 199 g/mol. The van der Waals surface area contributed by atoms with Crippen molar-refractivity contribution in [3.8, 4) is 0 Å². The van der Waals surface area contributed by atoms with Crippen molar-refractivity contribution >= 4 is 23.1 Å². The summed E-state index contributed by atoms with van der Waals surface area (Å²) in [7, 11) is 0. The van der Waals surface area contributed by atoms with Crippen LogP contribution in [0.3, 0.4) is 0 Å². The van der Waals surface area contributed by atoms with Crippen molar-refractivity contribution in [2.45, 2.75) is 0 Å². The zero-order valence-corrected chi connectivity index (χ0v) is 7.62. The van der Waals surface area contributed by atoms with Gasteiger partial charge in [0.05, 0.1) is 6.54 Å². The third-order valence-electron chi connectivity index (χ3n) is 1.43. The van der Waals surface area contributed by atoms with Crippen LogP contribution >= 0.6 is 11.6 Å². The van der Waals surface area contributed by atoms with Crippen LogP contribution in [-0.4, -0.2) is 17.6 Å². The van der Waals surface area contributed by atoms with E-state index in [4.69, 9.17) is 22.5 Å². The predicted molar refractivity (Wildman–Crippen MR) is 53.4 cm³/mol. The van der Waals surface area contributed by atoms with E-state index in [-0.39, 0.29) is 12.4 Å². The van der Waals surface area contributed by atoms with Crippen LogP contribution in [0.2, 0.25) is 5.02 Å². The molecule has 0 amide bonds. The highest BCUT2D eigenvalue weighted by molar-refractivity contribution is 6.30. The molecular weight excluding hydrogens is 190 g/mol. The quantitative estimate of drug-likeness (QED) is 0.299. The van der Waals surface area contributed by atoms with E-state index in [9.17, 15) is 0 Å².